The van der Waals surface area contributed by atoms with E-state index in [2.05, 4.69) is 30.9 Å². The minimum Gasteiger partial charge on any atom is -0.458 e. The number of aromatic nitrogens is 3. The first-order valence-corrected chi connectivity index (χ1v) is 8.99. The van der Waals surface area contributed by atoms with Crippen molar-refractivity contribution in [3.63, 3.8) is 0 Å². The molecule has 1 aliphatic heterocycles. The standard InChI is InChI=1S/C18H17BrN4O2/c19-13-9-20-18(21-10-13)25-14-5-3-7-23(11-14)17(24)16-8-12-4-1-2-6-15(12)22-16/h1-2,4,6,8-10,14,22H,3,5,7,11H2. The number of rotatable bonds is 3. The maximum Gasteiger partial charge on any atom is 0.316 e. The smallest absolute Gasteiger partial charge is 0.316 e. The largest absolute Gasteiger partial charge is 0.458 e. The Morgan fingerprint density at radius 3 is 2.88 bits per heavy atom. The lowest BCUT2D eigenvalue weighted by atomic mass is 10.1. The van der Waals surface area contributed by atoms with Crippen LogP contribution in [0.15, 0.2) is 47.2 Å². The number of ether oxygens (including phenoxy) is 1. The molecule has 3 aromatic rings. The number of likely N-dealkylation sites (tertiary alicyclic amines) is 1. The van der Waals surface area contributed by atoms with Crippen LogP contribution in [-0.2, 0) is 0 Å². The van der Waals surface area contributed by atoms with Crippen molar-refractivity contribution >= 4 is 32.7 Å². The Morgan fingerprint density at radius 2 is 2.08 bits per heavy atom. The average Bonchev–Trinajstić information content (AvgIpc) is 3.07. The second-order valence-electron chi connectivity index (χ2n) is 6.09. The van der Waals surface area contributed by atoms with E-state index in [-0.39, 0.29) is 12.0 Å². The molecule has 1 fully saturated rings. The maximum atomic E-state index is 12.8. The van der Waals surface area contributed by atoms with E-state index in [1.165, 1.54) is 0 Å². The number of amides is 1. The summed E-state index contributed by atoms with van der Waals surface area (Å²) in [6.45, 7) is 1.27. The van der Waals surface area contributed by atoms with E-state index in [4.69, 9.17) is 4.74 Å². The minimum absolute atomic E-state index is 0.00113. The molecule has 7 heteroatoms. The first-order valence-electron chi connectivity index (χ1n) is 8.20. The lowest BCUT2D eigenvalue weighted by Crippen LogP contribution is -2.44. The summed E-state index contributed by atoms with van der Waals surface area (Å²) >= 11 is 3.30. The molecule has 0 saturated carbocycles. The average molecular weight is 401 g/mol. The highest BCUT2D eigenvalue weighted by atomic mass is 79.9. The number of nitrogens with zero attached hydrogens (tertiary/aromatic N) is 3. The molecule has 6 nitrogen and oxygen atoms in total. The fourth-order valence-electron chi connectivity index (χ4n) is 3.09. The van der Waals surface area contributed by atoms with Crippen LogP contribution in [0.25, 0.3) is 10.9 Å². The van der Waals surface area contributed by atoms with Gasteiger partial charge in [0.1, 0.15) is 11.8 Å². The van der Waals surface area contributed by atoms with Gasteiger partial charge in [-0.2, -0.15) is 0 Å². The predicted molar refractivity (Wildman–Crippen MR) is 97.6 cm³/mol. The van der Waals surface area contributed by atoms with Crippen molar-refractivity contribution in [2.45, 2.75) is 18.9 Å². The van der Waals surface area contributed by atoms with Crippen molar-refractivity contribution in [1.29, 1.82) is 0 Å². The summed E-state index contributed by atoms with van der Waals surface area (Å²) in [6, 6.07) is 10.1. The number of aromatic amines is 1. The van der Waals surface area contributed by atoms with E-state index in [9.17, 15) is 4.79 Å². The van der Waals surface area contributed by atoms with Gasteiger partial charge in [-0.3, -0.25) is 4.79 Å². The number of nitrogens with one attached hydrogen (secondary N) is 1. The van der Waals surface area contributed by atoms with Gasteiger partial charge in [0.25, 0.3) is 5.91 Å². The van der Waals surface area contributed by atoms with Gasteiger partial charge >= 0.3 is 6.01 Å². The van der Waals surface area contributed by atoms with Crippen molar-refractivity contribution in [2.75, 3.05) is 13.1 Å². The molecule has 25 heavy (non-hydrogen) atoms. The summed E-state index contributed by atoms with van der Waals surface area (Å²) in [6.07, 6.45) is 4.99. The van der Waals surface area contributed by atoms with Crippen molar-refractivity contribution in [3.8, 4) is 6.01 Å². The van der Waals surface area contributed by atoms with Crippen molar-refractivity contribution in [3.05, 3.63) is 52.9 Å². The second-order valence-corrected chi connectivity index (χ2v) is 7.00. The summed E-state index contributed by atoms with van der Waals surface area (Å²) in [5.41, 5.74) is 1.58. The Bertz CT molecular complexity index is 860. The Balaban J connectivity index is 1.46. The summed E-state index contributed by atoms with van der Waals surface area (Å²) in [4.78, 5) is 26.1. The van der Waals surface area contributed by atoms with Crippen molar-refractivity contribution in [2.24, 2.45) is 0 Å². The van der Waals surface area contributed by atoms with E-state index in [0.717, 1.165) is 34.8 Å². The number of benzene rings is 1. The van der Waals surface area contributed by atoms with Gasteiger partial charge in [0.2, 0.25) is 0 Å². The number of carbonyl (C=O) groups is 1. The highest BCUT2D eigenvalue weighted by molar-refractivity contribution is 9.10. The highest BCUT2D eigenvalue weighted by Gasteiger charge is 2.27. The van der Waals surface area contributed by atoms with Gasteiger partial charge < -0.3 is 14.6 Å². The Kier molecular flexibility index (Phi) is 4.40. The molecule has 1 atom stereocenters. The van der Waals surface area contributed by atoms with Crippen molar-refractivity contribution in [1.82, 2.24) is 19.9 Å². The third-order valence-electron chi connectivity index (χ3n) is 4.29. The zero-order valence-corrected chi connectivity index (χ0v) is 15.1. The van der Waals surface area contributed by atoms with Crippen LogP contribution in [0.2, 0.25) is 0 Å². The fourth-order valence-corrected chi connectivity index (χ4v) is 3.29. The third kappa shape index (κ3) is 3.51. The van der Waals surface area contributed by atoms with E-state index in [1.54, 1.807) is 12.4 Å². The molecule has 3 heterocycles. The monoisotopic (exact) mass is 400 g/mol. The van der Waals surface area contributed by atoms with E-state index in [1.807, 2.05) is 35.2 Å². The number of halogens is 1. The zero-order valence-electron chi connectivity index (χ0n) is 13.5. The molecule has 1 saturated heterocycles. The number of hydrogen-bond acceptors (Lipinski definition) is 4. The SMILES string of the molecule is O=C(c1cc2ccccc2[nH]1)N1CCCC(Oc2ncc(Br)cn2)C1. The lowest BCUT2D eigenvalue weighted by molar-refractivity contribution is 0.0511. The van der Waals surface area contributed by atoms with Crippen LogP contribution in [0.1, 0.15) is 23.3 Å². The van der Waals surface area contributed by atoms with Crippen LogP contribution in [0, 0.1) is 0 Å². The first-order chi connectivity index (χ1) is 12.2. The second kappa shape index (κ2) is 6.84. The van der Waals surface area contributed by atoms with Crippen LogP contribution >= 0.6 is 15.9 Å². The minimum atomic E-state index is -0.0942. The Labute approximate surface area is 153 Å². The summed E-state index contributed by atoms with van der Waals surface area (Å²) in [7, 11) is 0. The van der Waals surface area contributed by atoms with Gasteiger partial charge in [-0.05, 0) is 40.9 Å². The van der Waals surface area contributed by atoms with Crippen LogP contribution < -0.4 is 4.74 Å². The topological polar surface area (TPSA) is 71.1 Å². The summed E-state index contributed by atoms with van der Waals surface area (Å²) in [5.74, 6) is 0.00113. The lowest BCUT2D eigenvalue weighted by Gasteiger charge is -2.32. The predicted octanol–water partition coefficient (Wildman–Crippen LogP) is 3.40. The van der Waals surface area contributed by atoms with Crippen LogP contribution in [0.5, 0.6) is 6.01 Å². The number of hydrogen-bond donors (Lipinski definition) is 1. The van der Waals surface area contributed by atoms with Gasteiger partial charge in [-0.15, -0.1) is 0 Å². The molecule has 1 N–H and O–H groups in total. The molecule has 1 aromatic carbocycles. The summed E-state index contributed by atoms with van der Waals surface area (Å²) < 4.78 is 6.64. The molecule has 1 aliphatic rings. The van der Waals surface area contributed by atoms with Gasteiger partial charge in [-0.1, -0.05) is 18.2 Å². The molecule has 128 valence electrons. The number of carbonyl (C=O) groups excluding carboxylic acids is 1. The van der Waals surface area contributed by atoms with Gasteiger partial charge in [0.15, 0.2) is 0 Å². The maximum absolute atomic E-state index is 12.8. The summed E-state index contributed by atoms with van der Waals surface area (Å²) in [5, 5.41) is 1.04. The van der Waals surface area contributed by atoms with E-state index < -0.39 is 0 Å². The molecular weight excluding hydrogens is 384 g/mol. The first kappa shape index (κ1) is 16.1. The number of fused-ring (bicyclic) bond motifs is 1. The fraction of sp³-hybridized carbons (Fsp3) is 0.278. The quantitative estimate of drug-likeness (QED) is 0.730. The molecule has 0 bridgehead atoms. The van der Waals surface area contributed by atoms with Gasteiger partial charge in [0, 0.05) is 29.8 Å². The Morgan fingerprint density at radius 1 is 1.28 bits per heavy atom. The molecule has 0 aliphatic carbocycles. The van der Waals surface area contributed by atoms with E-state index in [0.29, 0.717) is 18.2 Å². The molecule has 1 amide bonds. The van der Waals surface area contributed by atoms with Crippen LogP contribution in [0.3, 0.4) is 0 Å². The molecule has 1 unspecified atom stereocenters. The highest BCUT2D eigenvalue weighted by Crippen LogP contribution is 2.20. The normalized spacial score (nSPS) is 17.6. The number of para-hydroxylation sites is 1. The third-order valence-corrected chi connectivity index (χ3v) is 4.70. The number of piperidine rings is 1. The molecule has 0 spiro atoms. The molecule has 4 rings (SSSR count). The van der Waals surface area contributed by atoms with Crippen LogP contribution in [0.4, 0.5) is 0 Å². The molecular formula is C18H17BrN4O2. The molecule has 0 radical (unpaired) electrons. The Hall–Kier alpha value is -2.41. The van der Waals surface area contributed by atoms with Crippen molar-refractivity contribution < 1.29 is 9.53 Å². The van der Waals surface area contributed by atoms with Crippen LogP contribution in [-0.4, -0.2) is 45.0 Å². The van der Waals surface area contributed by atoms with Gasteiger partial charge in [-0.25, -0.2) is 9.97 Å². The molecule has 2 aromatic heterocycles. The van der Waals surface area contributed by atoms with Gasteiger partial charge in [0.05, 0.1) is 11.0 Å². The number of H-pyrrole nitrogens is 1. The van der Waals surface area contributed by atoms with E-state index >= 15 is 0 Å². The zero-order chi connectivity index (χ0) is 17.2.